The smallest absolute Gasteiger partial charge is 0.416 e. The van der Waals surface area contributed by atoms with Gasteiger partial charge in [0.1, 0.15) is 5.75 Å². The van der Waals surface area contributed by atoms with Crippen molar-refractivity contribution >= 4 is 5.97 Å². The molecule has 1 aromatic rings. The molecule has 0 fully saturated rings. The van der Waals surface area contributed by atoms with Crippen molar-refractivity contribution in [1.82, 2.24) is 0 Å². The Labute approximate surface area is 103 Å². The third-order valence-electron chi connectivity index (χ3n) is 2.09. The summed E-state index contributed by atoms with van der Waals surface area (Å²) >= 11 is 0. The summed E-state index contributed by atoms with van der Waals surface area (Å²) in [4.78, 5) is 11.3. The van der Waals surface area contributed by atoms with E-state index in [0.717, 1.165) is 12.1 Å². The number of hydrogen-bond acceptors (Lipinski definition) is 3. The Kier molecular flexibility index (Phi) is 4.58. The molecule has 0 spiro atoms. The molecular formula is C12H13F3O3. The molecule has 1 atom stereocenters. The number of carbonyl (C=O) groups excluding carboxylic acids is 1. The Morgan fingerprint density at radius 1 is 1.39 bits per heavy atom. The topological polar surface area (TPSA) is 35.5 Å². The molecule has 0 aliphatic heterocycles. The second kappa shape index (κ2) is 5.75. The first-order chi connectivity index (χ1) is 8.34. The molecule has 0 N–H and O–H groups in total. The minimum absolute atomic E-state index is 0.0228. The Bertz CT molecular complexity index is 415. The van der Waals surface area contributed by atoms with Crippen LogP contribution in [0.5, 0.6) is 5.75 Å². The fourth-order valence-corrected chi connectivity index (χ4v) is 1.26. The first kappa shape index (κ1) is 14.3. The molecular weight excluding hydrogens is 249 g/mol. The fourth-order valence-electron chi connectivity index (χ4n) is 1.26. The minimum atomic E-state index is -4.44. The highest BCUT2D eigenvalue weighted by Crippen LogP contribution is 2.31. The second-order valence-corrected chi connectivity index (χ2v) is 3.54. The Hall–Kier alpha value is -1.72. The second-order valence-electron chi connectivity index (χ2n) is 3.54. The van der Waals surface area contributed by atoms with E-state index in [2.05, 4.69) is 4.74 Å². The van der Waals surface area contributed by atoms with E-state index in [0.29, 0.717) is 0 Å². The zero-order valence-corrected chi connectivity index (χ0v) is 9.95. The van der Waals surface area contributed by atoms with Crippen molar-refractivity contribution in [3.05, 3.63) is 29.8 Å². The van der Waals surface area contributed by atoms with Crippen molar-refractivity contribution < 1.29 is 27.4 Å². The molecule has 0 heterocycles. The van der Waals surface area contributed by atoms with Crippen LogP contribution in [0.15, 0.2) is 24.3 Å². The molecule has 0 radical (unpaired) electrons. The molecule has 0 aliphatic rings. The van der Waals surface area contributed by atoms with Crippen LogP contribution < -0.4 is 4.74 Å². The third-order valence-corrected chi connectivity index (χ3v) is 2.09. The van der Waals surface area contributed by atoms with Crippen LogP contribution in [-0.4, -0.2) is 18.7 Å². The summed E-state index contributed by atoms with van der Waals surface area (Å²) in [5.74, 6) is -0.639. The van der Waals surface area contributed by atoms with Crippen molar-refractivity contribution in [1.29, 1.82) is 0 Å². The Morgan fingerprint density at radius 3 is 2.61 bits per heavy atom. The van der Waals surface area contributed by atoms with Gasteiger partial charge in [0.15, 0.2) is 6.10 Å². The van der Waals surface area contributed by atoms with Crippen molar-refractivity contribution in [3.63, 3.8) is 0 Å². The molecule has 0 aliphatic carbocycles. The van der Waals surface area contributed by atoms with Crippen molar-refractivity contribution in [2.24, 2.45) is 0 Å². The van der Waals surface area contributed by atoms with Crippen molar-refractivity contribution in [2.75, 3.05) is 6.61 Å². The summed E-state index contributed by atoms with van der Waals surface area (Å²) in [5.41, 5.74) is -0.823. The largest absolute Gasteiger partial charge is 0.479 e. The van der Waals surface area contributed by atoms with Gasteiger partial charge in [-0.15, -0.1) is 0 Å². The lowest BCUT2D eigenvalue weighted by molar-refractivity contribution is -0.150. The van der Waals surface area contributed by atoms with Gasteiger partial charge in [0.05, 0.1) is 12.2 Å². The number of halogens is 3. The lowest BCUT2D eigenvalue weighted by atomic mass is 10.2. The van der Waals surface area contributed by atoms with Gasteiger partial charge >= 0.3 is 12.1 Å². The van der Waals surface area contributed by atoms with Gasteiger partial charge in [-0.25, -0.2) is 4.79 Å². The maximum atomic E-state index is 12.4. The number of carbonyl (C=O) groups is 1. The average Bonchev–Trinajstić information content (AvgIpc) is 2.28. The van der Waals surface area contributed by atoms with Crippen LogP contribution in [0.1, 0.15) is 19.4 Å². The summed E-state index contributed by atoms with van der Waals surface area (Å²) in [6.45, 7) is 3.24. The van der Waals surface area contributed by atoms with Crippen molar-refractivity contribution in [3.8, 4) is 5.75 Å². The minimum Gasteiger partial charge on any atom is -0.479 e. The van der Waals surface area contributed by atoms with Gasteiger partial charge in [-0.2, -0.15) is 13.2 Å². The molecule has 3 nitrogen and oxygen atoms in total. The lowest BCUT2D eigenvalue weighted by Gasteiger charge is -2.14. The zero-order chi connectivity index (χ0) is 13.8. The fraction of sp³-hybridized carbons (Fsp3) is 0.417. The van der Waals surface area contributed by atoms with Crippen LogP contribution in [0.3, 0.4) is 0 Å². The van der Waals surface area contributed by atoms with Crippen molar-refractivity contribution in [2.45, 2.75) is 26.1 Å². The van der Waals surface area contributed by atoms with Crippen LogP contribution in [0.2, 0.25) is 0 Å². The van der Waals surface area contributed by atoms with Crippen LogP contribution >= 0.6 is 0 Å². The summed E-state index contributed by atoms with van der Waals surface area (Å²) in [5, 5.41) is 0. The van der Waals surface area contributed by atoms with E-state index in [4.69, 9.17) is 4.74 Å². The number of hydrogen-bond donors (Lipinski definition) is 0. The van der Waals surface area contributed by atoms with Gasteiger partial charge in [0.25, 0.3) is 0 Å². The van der Waals surface area contributed by atoms with Gasteiger partial charge in [-0.3, -0.25) is 0 Å². The summed E-state index contributed by atoms with van der Waals surface area (Å²) < 4.78 is 47.1. The van der Waals surface area contributed by atoms with E-state index in [1.165, 1.54) is 19.1 Å². The van der Waals surface area contributed by atoms with E-state index >= 15 is 0 Å². The normalized spacial score (nSPS) is 12.9. The van der Waals surface area contributed by atoms with Crippen LogP contribution in [0.4, 0.5) is 13.2 Å². The molecule has 6 heteroatoms. The maximum Gasteiger partial charge on any atom is 0.416 e. The van der Waals surface area contributed by atoms with Gasteiger partial charge in [0.2, 0.25) is 0 Å². The quantitative estimate of drug-likeness (QED) is 0.782. The monoisotopic (exact) mass is 262 g/mol. The molecule has 0 unspecified atom stereocenters. The molecule has 0 aromatic heterocycles. The Balaban J connectivity index is 2.76. The van der Waals surface area contributed by atoms with Crippen LogP contribution in [0, 0.1) is 0 Å². The molecule has 0 amide bonds. The van der Waals surface area contributed by atoms with E-state index in [1.54, 1.807) is 6.92 Å². The zero-order valence-electron chi connectivity index (χ0n) is 9.95. The SMILES string of the molecule is CCOC(=O)[C@H](C)Oc1cccc(C(F)(F)F)c1. The standard InChI is InChI=1S/C12H13F3O3/c1-3-17-11(16)8(2)18-10-6-4-5-9(7-10)12(13,14)15/h4-8H,3H2,1-2H3/t8-/m0/s1. The first-order valence-electron chi connectivity index (χ1n) is 5.35. The first-order valence-corrected chi connectivity index (χ1v) is 5.35. The van der Waals surface area contributed by atoms with Gasteiger partial charge < -0.3 is 9.47 Å². The molecule has 1 aromatic carbocycles. The molecule has 18 heavy (non-hydrogen) atoms. The van der Waals surface area contributed by atoms with Crippen LogP contribution in [0.25, 0.3) is 0 Å². The van der Waals surface area contributed by atoms with Gasteiger partial charge in [-0.05, 0) is 32.0 Å². The van der Waals surface area contributed by atoms with Gasteiger partial charge in [-0.1, -0.05) is 6.07 Å². The summed E-state index contributed by atoms with van der Waals surface area (Å²) in [7, 11) is 0. The number of esters is 1. The molecule has 0 saturated heterocycles. The third kappa shape index (κ3) is 3.94. The lowest BCUT2D eigenvalue weighted by Crippen LogP contribution is -2.26. The summed E-state index contributed by atoms with van der Waals surface area (Å²) in [6.07, 6.45) is -5.39. The van der Waals surface area contributed by atoms with Crippen LogP contribution in [-0.2, 0) is 15.7 Å². The summed E-state index contributed by atoms with van der Waals surface area (Å²) in [6, 6.07) is 4.35. The number of rotatable bonds is 4. The highest BCUT2D eigenvalue weighted by Gasteiger charge is 2.30. The maximum absolute atomic E-state index is 12.4. The molecule has 100 valence electrons. The van der Waals surface area contributed by atoms with E-state index in [-0.39, 0.29) is 12.4 Å². The Morgan fingerprint density at radius 2 is 2.06 bits per heavy atom. The highest BCUT2D eigenvalue weighted by molar-refractivity contribution is 5.74. The molecule has 0 saturated carbocycles. The predicted molar refractivity (Wildman–Crippen MR) is 58.2 cm³/mol. The average molecular weight is 262 g/mol. The predicted octanol–water partition coefficient (Wildman–Crippen LogP) is 3.04. The van der Waals surface area contributed by atoms with E-state index < -0.39 is 23.8 Å². The number of alkyl halides is 3. The molecule has 1 rings (SSSR count). The number of benzene rings is 1. The highest BCUT2D eigenvalue weighted by atomic mass is 19.4. The van der Waals surface area contributed by atoms with E-state index in [1.807, 2.05) is 0 Å². The number of ether oxygens (including phenoxy) is 2. The van der Waals surface area contributed by atoms with E-state index in [9.17, 15) is 18.0 Å². The van der Waals surface area contributed by atoms with Gasteiger partial charge in [0, 0.05) is 0 Å². The molecule has 0 bridgehead atoms.